The quantitative estimate of drug-likeness (QED) is 0.353. The van der Waals surface area contributed by atoms with E-state index in [0.717, 1.165) is 58.0 Å². The van der Waals surface area contributed by atoms with E-state index < -0.39 is 0 Å². The molecule has 1 saturated heterocycles. The number of fused-ring (bicyclic) bond motifs is 1. The SMILES string of the molecule is CCC[C@H](C)c1nc(N2CCN(C(=O)c3ccc(C)cc3)CC2)c2c(C)nn(-c3ccc(F)cc3)c2n1. The third-order valence-electron chi connectivity index (χ3n) is 7.10. The Kier molecular flexibility index (Phi) is 6.91. The summed E-state index contributed by atoms with van der Waals surface area (Å²) in [5.41, 5.74) is 4.16. The number of nitrogens with zero attached hydrogens (tertiary/aromatic N) is 6. The minimum atomic E-state index is -0.289. The molecule has 7 nitrogen and oxygen atoms in total. The van der Waals surface area contributed by atoms with Crippen molar-refractivity contribution in [2.45, 2.75) is 46.5 Å². The Morgan fingerprint density at radius 3 is 2.30 bits per heavy atom. The van der Waals surface area contributed by atoms with Gasteiger partial charge in [-0.05, 0) is 56.7 Å². The minimum absolute atomic E-state index is 0.0602. The van der Waals surface area contributed by atoms with Crippen LogP contribution in [0.3, 0.4) is 0 Å². The van der Waals surface area contributed by atoms with Crippen LogP contribution in [0.1, 0.15) is 60.0 Å². The predicted octanol–water partition coefficient (Wildman–Crippen LogP) is 5.44. The molecule has 0 aliphatic carbocycles. The second-order valence-corrected chi connectivity index (χ2v) is 9.91. The lowest BCUT2D eigenvalue weighted by Crippen LogP contribution is -2.49. The number of anilines is 1. The number of piperazine rings is 1. The van der Waals surface area contributed by atoms with Crippen molar-refractivity contribution in [2.24, 2.45) is 0 Å². The topological polar surface area (TPSA) is 67.2 Å². The largest absolute Gasteiger partial charge is 0.352 e. The number of aryl methyl sites for hydroxylation is 2. The molecule has 2 aromatic heterocycles. The van der Waals surface area contributed by atoms with Crippen LogP contribution in [-0.2, 0) is 0 Å². The lowest BCUT2D eigenvalue weighted by atomic mass is 10.1. The molecule has 1 fully saturated rings. The van der Waals surface area contributed by atoms with Crippen molar-refractivity contribution in [1.29, 1.82) is 0 Å². The molecule has 4 aromatic rings. The summed E-state index contributed by atoms with van der Waals surface area (Å²) in [6.45, 7) is 10.9. The molecule has 192 valence electrons. The number of hydrogen-bond donors (Lipinski definition) is 0. The van der Waals surface area contributed by atoms with Crippen LogP contribution in [0.25, 0.3) is 16.7 Å². The summed E-state index contributed by atoms with van der Waals surface area (Å²) in [5, 5.41) is 5.68. The molecule has 3 heterocycles. The number of aromatic nitrogens is 4. The number of benzene rings is 2. The first kappa shape index (κ1) is 24.9. The second-order valence-electron chi connectivity index (χ2n) is 9.91. The highest BCUT2D eigenvalue weighted by atomic mass is 19.1. The molecule has 0 saturated carbocycles. The monoisotopic (exact) mass is 500 g/mol. The average Bonchev–Trinajstić information content (AvgIpc) is 3.25. The van der Waals surface area contributed by atoms with Gasteiger partial charge in [-0.2, -0.15) is 5.10 Å². The van der Waals surface area contributed by atoms with E-state index in [0.29, 0.717) is 26.2 Å². The van der Waals surface area contributed by atoms with Gasteiger partial charge in [-0.3, -0.25) is 4.79 Å². The average molecular weight is 501 g/mol. The Hall–Kier alpha value is -3.81. The number of amides is 1. The molecule has 37 heavy (non-hydrogen) atoms. The fraction of sp³-hybridized carbons (Fsp3) is 0.379. The third-order valence-corrected chi connectivity index (χ3v) is 7.10. The van der Waals surface area contributed by atoms with E-state index in [1.165, 1.54) is 12.1 Å². The Morgan fingerprint density at radius 2 is 1.65 bits per heavy atom. The highest BCUT2D eigenvalue weighted by Gasteiger charge is 2.27. The van der Waals surface area contributed by atoms with Crippen LogP contribution in [0.5, 0.6) is 0 Å². The van der Waals surface area contributed by atoms with Gasteiger partial charge in [0.1, 0.15) is 17.5 Å². The fourth-order valence-corrected chi connectivity index (χ4v) is 4.95. The summed E-state index contributed by atoms with van der Waals surface area (Å²) in [5.74, 6) is 1.60. The first-order valence-corrected chi connectivity index (χ1v) is 13.0. The van der Waals surface area contributed by atoms with E-state index in [4.69, 9.17) is 15.1 Å². The molecular formula is C29H33FN6O. The maximum atomic E-state index is 13.6. The van der Waals surface area contributed by atoms with Gasteiger partial charge in [0.2, 0.25) is 0 Å². The van der Waals surface area contributed by atoms with Gasteiger partial charge in [0.05, 0.1) is 16.8 Å². The number of hydrogen-bond acceptors (Lipinski definition) is 5. The van der Waals surface area contributed by atoms with Crippen LogP contribution in [0, 0.1) is 19.7 Å². The van der Waals surface area contributed by atoms with Crippen LogP contribution < -0.4 is 4.90 Å². The van der Waals surface area contributed by atoms with Crippen LogP contribution in [0.4, 0.5) is 10.2 Å². The molecule has 2 aromatic carbocycles. The number of carbonyl (C=O) groups excluding carboxylic acids is 1. The molecule has 1 amide bonds. The lowest BCUT2D eigenvalue weighted by Gasteiger charge is -2.36. The summed E-state index contributed by atoms with van der Waals surface area (Å²) in [6.07, 6.45) is 2.02. The predicted molar refractivity (Wildman–Crippen MR) is 144 cm³/mol. The maximum Gasteiger partial charge on any atom is 0.253 e. The van der Waals surface area contributed by atoms with Crippen molar-refractivity contribution in [1.82, 2.24) is 24.6 Å². The molecular weight excluding hydrogens is 467 g/mol. The normalized spacial score (nSPS) is 14.8. The molecule has 0 bridgehead atoms. The zero-order valence-corrected chi connectivity index (χ0v) is 21.9. The van der Waals surface area contributed by atoms with Crippen LogP contribution in [0.15, 0.2) is 48.5 Å². The van der Waals surface area contributed by atoms with Crippen molar-refractivity contribution in [2.75, 3.05) is 31.1 Å². The summed E-state index contributed by atoms with van der Waals surface area (Å²) in [7, 11) is 0. The van der Waals surface area contributed by atoms with Crippen LogP contribution in [-0.4, -0.2) is 56.7 Å². The van der Waals surface area contributed by atoms with Gasteiger partial charge >= 0.3 is 0 Å². The Balaban J connectivity index is 1.49. The molecule has 1 aliphatic rings. The van der Waals surface area contributed by atoms with E-state index in [9.17, 15) is 9.18 Å². The van der Waals surface area contributed by atoms with Gasteiger partial charge in [-0.15, -0.1) is 0 Å². The summed E-state index contributed by atoms with van der Waals surface area (Å²) >= 11 is 0. The van der Waals surface area contributed by atoms with E-state index in [1.807, 2.05) is 43.0 Å². The van der Waals surface area contributed by atoms with Gasteiger partial charge in [0, 0.05) is 37.7 Å². The summed E-state index contributed by atoms with van der Waals surface area (Å²) in [6, 6.07) is 14.0. The molecule has 1 aliphatic heterocycles. The molecule has 0 radical (unpaired) electrons. The molecule has 5 rings (SSSR count). The van der Waals surface area contributed by atoms with E-state index in [-0.39, 0.29) is 17.6 Å². The van der Waals surface area contributed by atoms with E-state index >= 15 is 0 Å². The molecule has 1 atom stereocenters. The van der Waals surface area contributed by atoms with Gasteiger partial charge in [0.15, 0.2) is 5.65 Å². The maximum absolute atomic E-state index is 13.6. The second kappa shape index (κ2) is 10.3. The van der Waals surface area contributed by atoms with Crippen molar-refractivity contribution in [3.63, 3.8) is 0 Å². The zero-order chi connectivity index (χ0) is 26.1. The third kappa shape index (κ3) is 4.92. The number of carbonyl (C=O) groups is 1. The first-order chi connectivity index (χ1) is 17.9. The molecule has 0 spiro atoms. The van der Waals surface area contributed by atoms with Crippen molar-refractivity contribution >= 4 is 22.8 Å². The van der Waals surface area contributed by atoms with Gasteiger partial charge in [0.25, 0.3) is 5.91 Å². The zero-order valence-electron chi connectivity index (χ0n) is 21.9. The summed E-state index contributed by atoms with van der Waals surface area (Å²) < 4.78 is 15.4. The molecule has 8 heteroatoms. The Labute approximate surface area is 216 Å². The highest BCUT2D eigenvalue weighted by Crippen LogP contribution is 2.32. The number of rotatable bonds is 6. The Bertz CT molecular complexity index is 1410. The minimum Gasteiger partial charge on any atom is -0.352 e. The highest BCUT2D eigenvalue weighted by molar-refractivity contribution is 5.95. The van der Waals surface area contributed by atoms with Crippen molar-refractivity contribution < 1.29 is 9.18 Å². The fourth-order valence-electron chi connectivity index (χ4n) is 4.95. The van der Waals surface area contributed by atoms with Crippen molar-refractivity contribution in [3.8, 4) is 5.69 Å². The standard InChI is InChI=1S/C29H33FN6O/c1-5-6-20(3)26-31-27(25-21(4)33-36(28(25)32-26)24-13-11-23(30)12-14-24)34-15-17-35(18-16-34)29(37)22-9-7-19(2)8-10-22/h7-14,20H,5-6,15-18H2,1-4H3/t20-/m0/s1. The Morgan fingerprint density at radius 1 is 0.973 bits per heavy atom. The smallest absolute Gasteiger partial charge is 0.253 e. The van der Waals surface area contributed by atoms with E-state index in [2.05, 4.69) is 18.7 Å². The van der Waals surface area contributed by atoms with Gasteiger partial charge in [-0.25, -0.2) is 19.0 Å². The van der Waals surface area contributed by atoms with Crippen molar-refractivity contribution in [3.05, 3.63) is 77.0 Å². The van der Waals surface area contributed by atoms with E-state index in [1.54, 1.807) is 16.8 Å². The summed E-state index contributed by atoms with van der Waals surface area (Å²) in [4.78, 5) is 27.2. The molecule has 0 unspecified atom stereocenters. The van der Waals surface area contributed by atoms with Gasteiger partial charge < -0.3 is 9.80 Å². The molecule has 0 N–H and O–H groups in total. The van der Waals surface area contributed by atoms with Gasteiger partial charge in [-0.1, -0.05) is 38.0 Å². The lowest BCUT2D eigenvalue weighted by molar-refractivity contribution is 0.0746. The first-order valence-electron chi connectivity index (χ1n) is 13.0. The number of halogens is 1. The van der Waals surface area contributed by atoms with Crippen LogP contribution >= 0.6 is 0 Å². The van der Waals surface area contributed by atoms with Crippen LogP contribution in [0.2, 0.25) is 0 Å².